The summed E-state index contributed by atoms with van der Waals surface area (Å²) in [4.78, 5) is 4.47. The van der Waals surface area contributed by atoms with Crippen LogP contribution in [0.1, 0.15) is 33.6 Å². The lowest BCUT2D eigenvalue weighted by molar-refractivity contribution is 0.560. The van der Waals surface area contributed by atoms with Gasteiger partial charge in [0, 0.05) is 19.6 Å². The lowest BCUT2D eigenvalue weighted by Gasteiger charge is -2.09. The van der Waals surface area contributed by atoms with Crippen LogP contribution in [-0.2, 0) is 0 Å². The first-order valence-corrected chi connectivity index (χ1v) is 5.83. The Bertz CT molecular complexity index is 191. The van der Waals surface area contributed by atoms with Crippen molar-refractivity contribution < 1.29 is 0 Å². The summed E-state index contributed by atoms with van der Waals surface area (Å²) in [5, 5.41) is 6.38. The molecule has 0 aliphatic rings. The van der Waals surface area contributed by atoms with Crippen LogP contribution in [0, 0.1) is 5.92 Å². The summed E-state index contributed by atoms with van der Waals surface area (Å²) in [5.41, 5.74) is 0. The Morgan fingerprint density at radius 1 is 1.38 bits per heavy atom. The molecular formula is C12H26IN3. The van der Waals surface area contributed by atoms with Crippen molar-refractivity contribution in [3.8, 4) is 0 Å². The van der Waals surface area contributed by atoms with Gasteiger partial charge in [0.1, 0.15) is 0 Å². The molecule has 0 bridgehead atoms. The van der Waals surface area contributed by atoms with E-state index >= 15 is 0 Å². The van der Waals surface area contributed by atoms with Crippen LogP contribution in [0.3, 0.4) is 0 Å². The molecule has 0 rings (SSSR count). The minimum absolute atomic E-state index is 0. The molecule has 0 aromatic rings. The highest BCUT2D eigenvalue weighted by Crippen LogP contribution is 2.02. The second-order valence-electron chi connectivity index (χ2n) is 3.97. The minimum Gasteiger partial charge on any atom is -0.357 e. The van der Waals surface area contributed by atoms with Crippen molar-refractivity contribution in [1.82, 2.24) is 10.6 Å². The van der Waals surface area contributed by atoms with Gasteiger partial charge in [-0.25, -0.2) is 0 Å². The number of nitrogens with zero attached hydrogens (tertiary/aromatic N) is 1. The van der Waals surface area contributed by atoms with Crippen LogP contribution in [0.5, 0.6) is 0 Å². The highest BCUT2D eigenvalue weighted by Gasteiger charge is 1.95. The highest BCUT2D eigenvalue weighted by atomic mass is 127. The lowest BCUT2D eigenvalue weighted by atomic mass is 10.1. The van der Waals surface area contributed by atoms with Gasteiger partial charge in [-0.1, -0.05) is 19.9 Å². The predicted molar refractivity (Wildman–Crippen MR) is 83.7 cm³/mol. The van der Waals surface area contributed by atoms with Gasteiger partial charge >= 0.3 is 0 Å². The van der Waals surface area contributed by atoms with Gasteiger partial charge in [0.15, 0.2) is 5.96 Å². The zero-order valence-electron chi connectivity index (χ0n) is 10.8. The average molecular weight is 339 g/mol. The molecular weight excluding hydrogens is 313 g/mol. The Balaban J connectivity index is 0. The Morgan fingerprint density at radius 3 is 2.56 bits per heavy atom. The maximum Gasteiger partial charge on any atom is 0.191 e. The zero-order chi connectivity index (χ0) is 11.5. The normalized spacial score (nSPS) is 10.9. The molecule has 0 radical (unpaired) electrons. The van der Waals surface area contributed by atoms with E-state index < -0.39 is 0 Å². The second kappa shape index (κ2) is 12.8. The first-order chi connectivity index (χ1) is 7.20. The van der Waals surface area contributed by atoms with Gasteiger partial charge in [-0.05, 0) is 25.7 Å². The maximum absolute atomic E-state index is 4.47. The molecule has 0 saturated carbocycles. The molecule has 0 saturated heterocycles. The van der Waals surface area contributed by atoms with Crippen molar-refractivity contribution in [2.75, 3.05) is 19.6 Å². The van der Waals surface area contributed by atoms with Crippen LogP contribution >= 0.6 is 24.0 Å². The molecule has 0 aliphatic carbocycles. The van der Waals surface area contributed by atoms with E-state index in [4.69, 9.17) is 0 Å². The Morgan fingerprint density at radius 2 is 2.06 bits per heavy atom. The van der Waals surface area contributed by atoms with Crippen molar-refractivity contribution in [3.05, 3.63) is 12.7 Å². The highest BCUT2D eigenvalue weighted by molar-refractivity contribution is 14.0. The lowest BCUT2D eigenvalue weighted by Crippen LogP contribution is -2.37. The molecule has 0 fully saturated rings. The number of hydrogen-bond acceptors (Lipinski definition) is 1. The molecule has 0 unspecified atom stereocenters. The molecule has 0 aromatic carbocycles. The van der Waals surface area contributed by atoms with Crippen molar-refractivity contribution in [2.24, 2.45) is 10.9 Å². The third-order valence-electron chi connectivity index (χ3n) is 1.97. The molecule has 0 atom stereocenters. The predicted octanol–water partition coefficient (Wildman–Crippen LogP) is 2.78. The van der Waals surface area contributed by atoms with Crippen LogP contribution in [0.15, 0.2) is 17.6 Å². The molecule has 0 spiro atoms. The zero-order valence-corrected chi connectivity index (χ0v) is 13.1. The molecule has 2 N–H and O–H groups in total. The van der Waals surface area contributed by atoms with E-state index in [0.29, 0.717) is 0 Å². The van der Waals surface area contributed by atoms with Crippen LogP contribution in [0.4, 0.5) is 0 Å². The van der Waals surface area contributed by atoms with E-state index in [0.717, 1.165) is 37.9 Å². The quantitative estimate of drug-likeness (QED) is 0.246. The van der Waals surface area contributed by atoms with Gasteiger partial charge in [-0.2, -0.15) is 0 Å². The summed E-state index contributed by atoms with van der Waals surface area (Å²) in [6, 6.07) is 0. The number of rotatable bonds is 7. The summed E-state index contributed by atoms with van der Waals surface area (Å²) < 4.78 is 0. The molecule has 4 heteroatoms. The van der Waals surface area contributed by atoms with Crippen molar-refractivity contribution in [2.45, 2.75) is 33.6 Å². The summed E-state index contributed by atoms with van der Waals surface area (Å²) >= 11 is 0. The van der Waals surface area contributed by atoms with Crippen molar-refractivity contribution in [1.29, 1.82) is 0 Å². The van der Waals surface area contributed by atoms with Gasteiger partial charge in [0.25, 0.3) is 0 Å². The van der Waals surface area contributed by atoms with Crippen molar-refractivity contribution in [3.63, 3.8) is 0 Å². The van der Waals surface area contributed by atoms with E-state index in [1.165, 1.54) is 6.42 Å². The number of aliphatic imine (C=N–C) groups is 1. The van der Waals surface area contributed by atoms with Crippen LogP contribution in [0.25, 0.3) is 0 Å². The van der Waals surface area contributed by atoms with E-state index in [-0.39, 0.29) is 24.0 Å². The SMILES string of the molecule is C=CCNC(=NCCCC(C)C)NCC.I. The molecule has 0 amide bonds. The first kappa shape index (κ1) is 18.1. The fourth-order valence-electron chi connectivity index (χ4n) is 1.20. The molecule has 16 heavy (non-hydrogen) atoms. The molecule has 96 valence electrons. The fraction of sp³-hybridized carbons (Fsp3) is 0.750. The Kier molecular flexibility index (Phi) is 14.5. The van der Waals surface area contributed by atoms with Gasteiger partial charge in [-0.15, -0.1) is 30.6 Å². The average Bonchev–Trinajstić information content (AvgIpc) is 2.20. The summed E-state index contributed by atoms with van der Waals surface area (Å²) in [6.45, 7) is 12.8. The first-order valence-electron chi connectivity index (χ1n) is 5.83. The Labute approximate surface area is 117 Å². The third kappa shape index (κ3) is 11.8. The van der Waals surface area contributed by atoms with Gasteiger partial charge in [0.05, 0.1) is 0 Å². The summed E-state index contributed by atoms with van der Waals surface area (Å²) in [5.74, 6) is 1.66. The fourth-order valence-corrected chi connectivity index (χ4v) is 1.20. The maximum atomic E-state index is 4.47. The third-order valence-corrected chi connectivity index (χ3v) is 1.97. The smallest absolute Gasteiger partial charge is 0.191 e. The summed E-state index contributed by atoms with van der Waals surface area (Å²) in [7, 11) is 0. The van der Waals surface area contributed by atoms with Gasteiger partial charge < -0.3 is 10.6 Å². The van der Waals surface area contributed by atoms with E-state index in [9.17, 15) is 0 Å². The number of hydrogen-bond donors (Lipinski definition) is 2. The van der Waals surface area contributed by atoms with E-state index in [1.54, 1.807) is 0 Å². The molecule has 3 nitrogen and oxygen atoms in total. The Hall–Kier alpha value is -0.260. The van der Waals surface area contributed by atoms with Crippen LogP contribution in [-0.4, -0.2) is 25.6 Å². The molecule has 0 aliphatic heterocycles. The minimum atomic E-state index is 0. The standard InChI is InChI=1S/C12H25N3.HI/c1-5-9-14-12(13-6-2)15-10-7-8-11(3)4;/h5,11H,1,6-10H2,2-4H3,(H2,13,14,15);1H. The topological polar surface area (TPSA) is 36.4 Å². The largest absolute Gasteiger partial charge is 0.357 e. The van der Waals surface area contributed by atoms with Gasteiger partial charge in [0.2, 0.25) is 0 Å². The number of halogens is 1. The van der Waals surface area contributed by atoms with E-state index in [1.807, 2.05) is 6.08 Å². The van der Waals surface area contributed by atoms with Crippen molar-refractivity contribution >= 4 is 29.9 Å². The van der Waals surface area contributed by atoms with E-state index in [2.05, 4.69) is 43.0 Å². The molecule has 0 heterocycles. The number of guanidine groups is 1. The second-order valence-corrected chi connectivity index (χ2v) is 3.97. The number of nitrogens with one attached hydrogen (secondary N) is 2. The summed E-state index contributed by atoms with van der Waals surface area (Å²) in [6.07, 6.45) is 4.23. The molecule has 0 aromatic heterocycles. The van der Waals surface area contributed by atoms with Gasteiger partial charge in [-0.3, -0.25) is 4.99 Å². The van der Waals surface area contributed by atoms with Crippen LogP contribution < -0.4 is 10.6 Å². The van der Waals surface area contributed by atoms with Crippen LogP contribution in [0.2, 0.25) is 0 Å². The monoisotopic (exact) mass is 339 g/mol.